The molecule has 0 aliphatic heterocycles. The van der Waals surface area contributed by atoms with Gasteiger partial charge in [0.05, 0.1) is 20.0 Å². The molecule has 0 radical (unpaired) electrons. The minimum absolute atomic E-state index is 0.0355. The summed E-state index contributed by atoms with van der Waals surface area (Å²) >= 11 is 1.13. The Labute approximate surface area is 171 Å². The molecule has 3 aromatic rings. The van der Waals surface area contributed by atoms with Crippen LogP contribution in [0.2, 0.25) is 0 Å². The minimum atomic E-state index is -0.392. The Morgan fingerprint density at radius 1 is 1.03 bits per heavy atom. The first kappa shape index (κ1) is 20.2. The summed E-state index contributed by atoms with van der Waals surface area (Å²) in [7, 11) is 3.13. The number of benzene rings is 2. The molecule has 0 atom stereocenters. The van der Waals surface area contributed by atoms with Crippen LogP contribution < -0.4 is 20.3 Å². The van der Waals surface area contributed by atoms with E-state index >= 15 is 0 Å². The fraction of sp³-hybridized carbons (Fsp3) is 0.158. The third-order valence-electron chi connectivity index (χ3n) is 3.77. The van der Waals surface area contributed by atoms with Crippen LogP contribution in [0.3, 0.4) is 0 Å². The number of carbonyl (C=O) groups is 2. The molecule has 0 unspecified atom stereocenters. The molecule has 0 aliphatic rings. The number of ether oxygens (including phenoxy) is 2. The van der Waals surface area contributed by atoms with Crippen molar-refractivity contribution in [2.24, 2.45) is 0 Å². The highest BCUT2D eigenvalue weighted by atomic mass is 32.2. The van der Waals surface area contributed by atoms with E-state index in [1.807, 2.05) is 0 Å². The molecule has 10 heteroatoms. The number of rotatable bonds is 7. The van der Waals surface area contributed by atoms with Crippen molar-refractivity contribution in [3.8, 4) is 22.9 Å². The molecular formula is C19H19N5O4S. The summed E-state index contributed by atoms with van der Waals surface area (Å²) in [6, 6.07) is 13.9. The van der Waals surface area contributed by atoms with E-state index in [1.54, 1.807) is 62.8 Å². The molecule has 1 heterocycles. The highest BCUT2D eigenvalue weighted by Gasteiger charge is 2.12. The highest BCUT2D eigenvalue weighted by Crippen LogP contribution is 2.28. The zero-order valence-corrected chi connectivity index (χ0v) is 16.6. The van der Waals surface area contributed by atoms with Gasteiger partial charge in [-0.2, -0.15) is 0 Å². The molecule has 0 saturated heterocycles. The van der Waals surface area contributed by atoms with E-state index in [-0.39, 0.29) is 11.7 Å². The van der Waals surface area contributed by atoms with Gasteiger partial charge in [0, 0.05) is 17.2 Å². The van der Waals surface area contributed by atoms with E-state index in [0.29, 0.717) is 28.0 Å². The van der Waals surface area contributed by atoms with Crippen LogP contribution in [-0.4, -0.2) is 47.0 Å². The lowest BCUT2D eigenvalue weighted by molar-refractivity contribution is -0.119. The summed E-state index contributed by atoms with van der Waals surface area (Å²) in [5.41, 5.74) is 5.91. The molecule has 3 N–H and O–H groups in total. The number of amides is 2. The maximum absolute atomic E-state index is 12.0. The van der Waals surface area contributed by atoms with Crippen LogP contribution in [-0.2, 0) is 4.79 Å². The molecule has 3 rings (SSSR count). The Balaban J connectivity index is 1.54. The van der Waals surface area contributed by atoms with Gasteiger partial charge >= 0.3 is 0 Å². The number of nitrogens with one attached hydrogen (secondary N) is 3. The van der Waals surface area contributed by atoms with Crippen LogP contribution in [0.1, 0.15) is 10.4 Å². The Bertz CT molecular complexity index is 971. The van der Waals surface area contributed by atoms with Crippen LogP contribution in [0.15, 0.2) is 53.7 Å². The van der Waals surface area contributed by atoms with Crippen molar-refractivity contribution in [3.63, 3.8) is 0 Å². The normalized spacial score (nSPS) is 10.3. The number of hydrazine groups is 1. The Hall–Kier alpha value is -3.53. The molecule has 0 spiro atoms. The van der Waals surface area contributed by atoms with Gasteiger partial charge < -0.3 is 9.47 Å². The smallest absolute Gasteiger partial charge is 0.269 e. The van der Waals surface area contributed by atoms with Crippen LogP contribution in [0.4, 0.5) is 0 Å². The fourth-order valence-corrected chi connectivity index (χ4v) is 2.94. The van der Waals surface area contributed by atoms with Gasteiger partial charge in [-0.15, -0.1) is 5.10 Å². The summed E-state index contributed by atoms with van der Waals surface area (Å²) in [4.78, 5) is 28.2. The van der Waals surface area contributed by atoms with Gasteiger partial charge in [-0.3, -0.25) is 25.5 Å². The van der Waals surface area contributed by atoms with Crippen molar-refractivity contribution in [3.05, 3.63) is 54.1 Å². The first-order valence-electron chi connectivity index (χ1n) is 8.52. The van der Waals surface area contributed by atoms with Crippen LogP contribution >= 0.6 is 11.8 Å². The number of nitrogens with zero attached hydrogens (tertiary/aromatic N) is 2. The van der Waals surface area contributed by atoms with Gasteiger partial charge in [-0.25, -0.2) is 4.98 Å². The maximum Gasteiger partial charge on any atom is 0.269 e. The molecule has 9 nitrogen and oxygen atoms in total. The average Bonchev–Trinajstić information content (AvgIpc) is 3.25. The molecule has 0 saturated carbocycles. The van der Waals surface area contributed by atoms with Crippen molar-refractivity contribution >= 4 is 23.6 Å². The SMILES string of the molecule is COc1cc(OC)cc(-c2nc(SCC(=O)NNC(=O)c3ccccc3)n[nH]2)c1. The number of hydrogen-bond donors (Lipinski definition) is 3. The number of H-pyrrole nitrogens is 1. The highest BCUT2D eigenvalue weighted by molar-refractivity contribution is 7.99. The molecule has 29 heavy (non-hydrogen) atoms. The summed E-state index contributed by atoms with van der Waals surface area (Å²) in [5, 5.41) is 7.32. The molecule has 0 aliphatic carbocycles. The predicted octanol–water partition coefficient (Wildman–Crippen LogP) is 2.04. The van der Waals surface area contributed by atoms with E-state index in [4.69, 9.17) is 9.47 Å². The largest absolute Gasteiger partial charge is 0.497 e. The average molecular weight is 413 g/mol. The number of aromatic nitrogens is 3. The number of methoxy groups -OCH3 is 2. The second kappa shape index (κ2) is 9.60. The van der Waals surface area contributed by atoms with Crippen LogP contribution in [0, 0.1) is 0 Å². The topological polar surface area (TPSA) is 118 Å². The number of thioether (sulfide) groups is 1. The van der Waals surface area contributed by atoms with E-state index in [2.05, 4.69) is 26.0 Å². The summed E-state index contributed by atoms with van der Waals surface area (Å²) in [6.45, 7) is 0. The van der Waals surface area contributed by atoms with Gasteiger partial charge in [0.25, 0.3) is 5.91 Å². The van der Waals surface area contributed by atoms with Crippen molar-refractivity contribution < 1.29 is 19.1 Å². The first-order chi connectivity index (χ1) is 14.1. The minimum Gasteiger partial charge on any atom is -0.497 e. The van der Waals surface area contributed by atoms with Crippen molar-refractivity contribution in [2.75, 3.05) is 20.0 Å². The van der Waals surface area contributed by atoms with E-state index in [1.165, 1.54) is 0 Å². The third-order valence-corrected chi connectivity index (χ3v) is 4.62. The lowest BCUT2D eigenvalue weighted by Crippen LogP contribution is -2.42. The molecule has 150 valence electrons. The summed E-state index contributed by atoms with van der Waals surface area (Å²) in [6.07, 6.45) is 0. The third kappa shape index (κ3) is 5.48. The van der Waals surface area contributed by atoms with Crippen molar-refractivity contribution in [2.45, 2.75) is 5.16 Å². The Morgan fingerprint density at radius 2 is 1.72 bits per heavy atom. The molecule has 0 fully saturated rings. The summed E-state index contributed by atoms with van der Waals surface area (Å²) < 4.78 is 10.5. The lowest BCUT2D eigenvalue weighted by Gasteiger charge is -2.06. The monoisotopic (exact) mass is 413 g/mol. The van der Waals surface area contributed by atoms with E-state index in [0.717, 1.165) is 17.3 Å². The van der Waals surface area contributed by atoms with Crippen LogP contribution in [0.5, 0.6) is 11.5 Å². The molecule has 1 aromatic heterocycles. The van der Waals surface area contributed by atoms with Gasteiger partial charge in [0.15, 0.2) is 5.82 Å². The van der Waals surface area contributed by atoms with Gasteiger partial charge in [-0.1, -0.05) is 30.0 Å². The molecule has 0 bridgehead atoms. The standard InChI is InChI=1S/C19H19N5O4S/c1-27-14-8-13(9-15(10-14)28-2)17-20-19(24-22-17)29-11-16(25)21-23-18(26)12-6-4-3-5-7-12/h3-10H,11H2,1-2H3,(H,21,25)(H,23,26)(H,20,22,24). The number of aromatic amines is 1. The van der Waals surface area contributed by atoms with Crippen molar-refractivity contribution in [1.29, 1.82) is 0 Å². The summed E-state index contributed by atoms with van der Waals surface area (Å²) in [5.74, 6) is 1.03. The zero-order chi connectivity index (χ0) is 20.6. The fourth-order valence-electron chi connectivity index (χ4n) is 2.34. The Morgan fingerprint density at radius 3 is 2.38 bits per heavy atom. The predicted molar refractivity (Wildman–Crippen MR) is 108 cm³/mol. The van der Waals surface area contributed by atoms with Gasteiger partial charge in [0.2, 0.25) is 11.1 Å². The number of carbonyl (C=O) groups excluding carboxylic acids is 2. The van der Waals surface area contributed by atoms with E-state index in [9.17, 15) is 9.59 Å². The maximum atomic E-state index is 12.0. The van der Waals surface area contributed by atoms with Gasteiger partial charge in [-0.05, 0) is 24.3 Å². The van der Waals surface area contributed by atoms with Crippen molar-refractivity contribution in [1.82, 2.24) is 26.0 Å². The molecule has 2 amide bonds. The van der Waals surface area contributed by atoms with E-state index < -0.39 is 5.91 Å². The Kier molecular flexibility index (Phi) is 6.69. The molecular weight excluding hydrogens is 394 g/mol. The van der Waals surface area contributed by atoms with Crippen LogP contribution in [0.25, 0.3) is 11.4 Å². The number of hydrogen-bond acceptors (Lipinski definition) is 7. The van der Waals surface area contributed by atoms with Gasteiger partial charge in [0.1, 0.15) is 11.5 Å². The second-order valence-corrected chi connectivity index (χ2v) is 6.67. The first-order valence-corrected chi connectivity index (χ1v) is 9.50. The quantitative estimate of drug-likeness (QED) is 0.401. The second-order valence-electron chi connectivity index (χ2n) is 5.72. The zero-order valence-electron chi connectivity index (χ0n) is 15.8. The molecule has 2 aromatic carbocycles. The lowest BCUT2D eigenvalue weighted by atomic mass is 10.2.